The standard InChI is InChI=1S/C26H21Br2N3O3/c1-3-33-24-11-17(21(28)13-25(24)34-15-16-4-6-19(27)7-5-16)10-18(14-29)26-30-22-9-8-20(32-2)12-23(22)31-26/h4-13H,3,15H2,1-2H3,(H,30,31)/b18-10-. The molecular formula is C26H21Br2N3O3. The summed E-state index contributed by atoms with van der Waals surface area (Å²) in [6, 6.07) is 19.4. The highest BCUT2D eigenvalue weighted by Gasteiger charge is 2.14. The Kier molecular flexibility index (Phi) is 7.56. The van der Waals surface area contributed by atoms with Gasteiger partial charge in [0, 0.05) is 15.0 Å². The summed E-state index contributed by atoms with van der Waals surface area (Å²) in [4.78, 5) is 7.75. The predicted molar refractivity (Wildman–Crippen MR) is 140 cm³/mol. The molecule has 3 aromatic carbocycles. The van der Waals surface area contributed by atoms with Gasteiger partial charge in [-0.15, -0.1) is 0 Å². The number of nitrogens with zero attached hydrogens (tertiary/aromatic N) is 2. The maximum atomic E-state index is 9.84. The molecule has 0 amide bonds. The molecule has 0 aliphatic heterocycles. The number of allylic oxidation sites excluding steroid dienone is 1. The summed E-state index contributed by atoms with van der Waals surface area (Å²) in [5.74, 6) is 2.41. The Morgan fingerprint density at radius 2 is 1.82 bits per heavy atom. The van der Waals surface area contributed by atoms with Crippen LogP contribution in [0.25, 0.3) is 22.7 Å². The van der Waals surface area contributed by atoms with Gasteiger partial charge >= 0.3 is 0 Å². The van der Waals surface area contributed by atoms with Gasteiger partial charge in [0.2, 0.25) is 0 Å². The molecule has 1 aromatic heterocycles. The number of nitrogens with one attached hydrogen (secondary N) is 1. The zero-order chi connectivity index (χ0) is 24.1. The minimum Gasteiger partial charge on any atom is -0.497 e. The second-order valence-electron chi connectivity index (χ2n) is 7.31. The third-order valence-corrected chi connectivity index (χ3v) is 6.25. The highest BCUT2D eigenvalue weighted by atomic mass is 79.9. The number of rotatable bonds is 8. The minimum absolute atomic E-state index is 0.391. The molecule has 34 heavy (non-hydrogen) atoms. The Hall–Kier alpha value is -3.28. The van der Waals surface area contributed by atoms with Crippen LogP contribution in [0.5, 0.6) is 17.2 Å². The Balaban J connectivity index is 1.65. The molecule has 0 spiro atoms. The number of hydrogen-bond acceptors (Lipinski definition) is 5. The molecule has 0 saturated heterocycles. The van der Waals surface area contributed by atoms with Crippen LogP contribution in [0.1, 0.15) is 23.9 Å². The number of hydrogen-bond donors (Lipinski definition) is 1. The molecule has 8 heteroatoms. The fourth-order valence-electron chi connectivity index (χ4n) is 3.34. The highest BCUT2D eigenvalue weighted by molar-refractivity contribution is 9.10. The van der Waals surface area contributed by atoms with Crippen molar-refractivity contribution >= 4 is 54.5 Å². The lowest BCUT2D eigenvalue weighted by Crippen LogP contribution is -2.00. The van der Waals surface area contributed by atoms with Gasteiger partial charge in [-0.1, -0.05) is 44.0 Å². The molecule has 0 saturated carbocycles. The van der Waals surface area contributed by atoms with Crippen molar-refractivity contribution in [2.45, 2.75) is 13.5 Å². The Labute approximate surface area is 214 Å². The molecule has 0 bridgehead atoms. The van der Waals surface area contributed by atoms with E-state index in [-0.39, 0.29) is 0 Å². The van der Waals surface area contributed by atoms with Crippen LogP contribution in [-0.4, -0.2) is 23.7 Å². The topological polar surface area (TPSA) is 80.2 Å². The molecule has 0 aliphatic rings. The largest absolute Gasteiger partial charge is 0.497 e. The van der Waals surface area contributed by atoms with Crippen molar-refractivity contribution in [1.82, 2.24) is 9.97 Å². The van der Waals surface area contributed by atoms with E-state index in [9.17, 15) is 5.26 Å². The molecule has 4 aromatic rings. The summed E-state index contributed by atoms with van der Waals surface area (Å²) in [7, 11) is 1.61. The molecular weight excluding hydrogens is 562 g/mol. The molecule has 1 N–H and O–H groups in total. The number of fused-ring (bicyclic) bond motifs is 1. The molecule has 1 heterocycles. The Morgan fingerprint density at radius 1 is 1.06 bits per heavy atom. The van der Waals surface area contributed by atoms with E-state index in [0.29, 0.717) is 41.9 Å². The van der Waals surface area contributed by atoms with Crippen molar-refractivity contribution in [3.63, 3.8) is 0 Å². The molecule has 0 radical (unpaired) electrons. The van der Waals surface area contributed by atoms with Gasteiger partial charge < -0.3 is 19.2 Å². The fraction of sp³-hybridized carbons (Fsp3) is 0.154. The third-order valence-electron chi connectivity index (χ3n) is 5.03. The minimum atomic E-state index is 0.391. The molecule has 0 fully saturated rings. The third kappa shape index (κ3) is 5.44. The lowest BCUT2D eigenvalue weighted by Gasteiger charge is -2.14. The first-order chi connectivity index (χ1) is 16.5. The zero-order valence-corrected chi connectivity index (χ0v) is 21.7. The van der Waals surface area contributed by atoms with Crippen molar-refractivity contribution in [3.05, 3.63) is 80.5 Å². The van der Waals surface area contributed by atoms with Crippen LogP contribution in [0.3, 0.4) is 0 Å². The molecule has 0 unspecified atom stereocenters. The van der Waals surface area contributed by atoms with E-state index in [4.69, 9.17) is 14.2 Å². The van der Waals surface area contributed by atoms with E-state index in [1.807, 2.05) is 61.5 Å². The highest BCUT2D eigenvalue weighted by Crippen LogP contribution is 2.36. The molecule has 4 rings (SSSR count). The number of methoxy groups -OCH3 is 1. The van der Waals surface area contributed by atoms with Crippen molar-refractivity contribution < 1.29 is 14.2 Å². The quantitative estimate of drug-likeness (QED) is 0.223. The average Bonchev–Trinajstić information content (AvgIpc) is 3.27. The molecule has 0 atom stereocenters. The number of ether oxygens (including phenoxy) is 3. The predicted octanol–water partition coefficient (Wildman–Crippen LogP) is 7.14. The average molecular weight is 583 g/mol. The van der Waals surface area contributed by atoms with E-state index >= 15 is 0 Å². The van der Waals surface area contributed by atoms with Gasteiger partial charge in [0.25, 0.3) is 0 Å². The maximum absolute atomic E-state index is 9.84. The van der Waals surface area contributed by atoms with Gasteiger partial charge in [-0.05, 0) is 60.5 Å². The summed E-state index contributed by atoms with van der Waals surface area (Å²) in [6.45, 7) is 2.80. The van der Waals surface area contributed by atoms with Crippen LogP contribution >= 0.6 is 31.9 Å². The number of aromatic nitrogens is 2. The van der Waals surface area contributed by atoms with Crippen molar-refractivity contribution in [1.29, 1.82) is 5.26 Å². The summed E-state index contributed by atoms with van der Waals surface area (Å²) < 4.78 is 18.9. The smallest absolute Gasteiger partial charge is 0.162 e. The second kappa shape index (κ2) is 10.8. The van der Waals surface area contributed by atoms with Gasteiger partial charge in [-0.3, -0.25) is 0 Å². The first-order valence-corrected chi connectivity index (χ1v) is 12.1. The zero-order valence-electron chi connectivity index (χ0n) is 18.6. The van der Waals surface area contributed by atoms with Crippen LogP contribution in [0, 0.1) is 11.3 Å². The molecule has 172 valence electrons. The van der Waals surface area contributed by atoms with E-state index < -0.39 is 0 Å². The molecule has 6 nitrogen and oxygen atoms in total. The fourth-order valence-corrected chi connectivity index (χ4v) is 4.04. The van der Waals surface area contributed by atoms with E-state index in [2.05, 4.69) is 47.9 Å². The van der Waals surface area contributed by atoms with Crippen molar-refractivity contribution in [2.24, 2.45) is 0 Å². The lowest BCUT2D eigenvalue weighted by molar-refractivity contribution is 0.269. The first kappa shape index (κ1) is 23.9. The molecule has 0 aliphatic carbocycles. The van der Waals surface area contributed by atoms with E-state index in [0.717, 1.165) is 31.1 Å². The monoisotopic (exact) mass is 581 g/mol. The maximum Gasteiger partial charge on any atom is 0.162 e. The van der Waals surface area contributed by atoms with Crippen LogP contribution < -0.4 is 14.2 Å². The van der Waals surface area contributed by atoms with Crippen LogP contribution in [0.2, 0.25) is 0 Å². The SMILES string of the molecule is CCOc1cc(/C=C(/C#N)c2nc3ccc(OC)cc3[nH]2)c(Br)cc1OCc1ccc(Br)cc1. The number of benzene rings is 3. The number of H-pyrrole nitrogens is 1. The summed E-state index contributed by atoms with van der Waals surface area (Å²) in [5.41, 5.74) is 3.75. The number of aromatic amines is 1. The number of halogens is 2. The van der Waals surface area contributed by atoms with E-state index in [1.165, 1.54) is 0 Å². The van der Waals surface area contributed by atoms with Crippen molar-refractivity contribution in [2.75, 3.05) is 13.7 Å². The van der Waals surface area contributed by atoms with Crippen molar-refractivity contribution in [3.8, 4) is 23.3 Å². The van der Waals surface area contributed by atoms with Crippen LogP contribution in [0.15, 0.2) is 63.5 Å². The van der Waals surface area contributed by atoms with E-state index in [1.54, 1.807) is 13.2 Å². The number of imidazole rings is 1. The first-order valence-electron chi connectivity index (χ1n) is 10.5. The Morgan fingerprint density at radius 3 is 2.53 bits per heavy atom. The van der Waals surface area contributed by atoms with Crippen LogP contribution in [0.4, 0.5) is 0 Å². The summed E-state index contributed by atoms with van der Waals surface area (Å²) >= 11 is 7.05. The van der Waals surface area contributed by atoms with Gasteiger partial charge in [-0.2, -0.15) is 5.26 Å². The second-order valence-corrected chi connectivity index (χ2v) is 9.08. The van der Waals surface area contributed by atoms with Gasteiger partial charge in [0.05, 0.1) is 30.3 Å². The summed E-state index contributed by atoms with van der Waals surface area (Å²) in [6.07, 6.45) is 1.76. The Bertz CT molecular complexity index is 1390. The summed E-state index contributed by atoms with van der Waals surface area (Å²) in [5, 5.41) is 9.84. The normalized spacial score (nSPS) is 11.3. The van der Waals surface area contributed by atoms with Gasteiger partial charge in [0.15, 0.2) is 11.5 Å². The van der Waals surface area contributed by atoms with Crippen LogP contribution in [-0.2, 0) is 6.61 Å². The number of nitriles is 1. The lowest BCUT2D eigenvalue weighted by atomic mass is 10.1. The van der Waals surface area contributed by atoms with Gasteiger partial charge in [-0.25, -0.2) is 4.98 Å². The van der Waals surface area contributed by atoms with Gasteiger partial charge in [0.1, 0.15) is 24.3 Å².